The molecule has 0 aromatic heterocycles. The average molecular weight is 176 g/mol. The van der Waals surface area contributed by atoms with Crippen LogP contribution in [-0.2, 0) is 0 Å². The van der Waals surface area contributed by atoms with Crippen molar-refractivity contribution in [3.8, 4) is 0 Å². The van der Waals surface area contributed by atoms with E-state index in [1.807, 2.05) is 0 Å². The molecule has 0 aliphatic carbocycles. The van der Waals surface area contributed by atoms with Crippen LogP contribution in [0, 0.1) is 0 Å². The van der Waals surface area contributed by atoms with Crippen molar-refractivity contribution in [2.45, 2.75) is 40.0 Å². The topological polar surface area (TPSA) is 0 Å². The molecule has 0 aromatic carbocycles. The zero-order valence-electron chi connectivity index (χ0n) is 8.74. The van der Waals surface area contributed by atoms with Gasteiger partial charge in [0.15, 0.2) is 0 Å². The van der Waals surface area contributed by atoms with Gasteiger partial charge in [-0.1, -0.05) is 0 Å². The third-order valence-corrected chi connectivity index (χ3v) is 7.68. The monoisotopic (exact) mass is 176 g/mol. The maximum atomic E-state index is 2.59. The minimum absolute atomic E-state index is 0.749. The van der Waals surface area contributed by atoms with Crippen LogP contribution in [0.25, 0.3) is 0 Å². The van der Waals surface area contributed by atoms with Gasteiger partial charge in [-0.3, -0.25) is 0 Å². The summed E-state index contributed by atoms with van der Waals surface area (Å²) in [5, 5.41) is 0. The van der Waals surface area contributed by atoms with E-state index in [2.05, 4.69) is 27.4 Å². The maximum absolute atomic E-state index is 2.59. The Morgan fingerprint density at radius 3 is 1.18 bits per heavy atom. The zero-order valence-corrected chi connectivity index (χ0v) is 9.74. The van der Waals surface area contributed by atoms with Gasteiger partial charge >= 0.3 is 72.4 Å². The van der Waals surface area contributed by atoms with Crippen molar-refractivity contribution in [3.05, 3.63) is 0 Å². The molecule has 1 heteroatoms. The van der Waals surface area contributed by atoms with E-state index in [-0.39, 0.29) is 0 Å². The minimum atomic E-state index is -0.749. The summed E-state index contributed by atoms with van der Waals surface area (Å²) < 4.78 is 0. The van der Waals surface area contributed by atoms with Crippen molar-refractivity contribution in [2.75, 3.05) is 25.2 Å². The summed E-state index contributed by atoms with van der Waals surface area (Å²) in [6.07, 6.45) is 8.87. The molecule has 0 bridgehead atoms. The van der Waals surface area contributed by atoms with Crippen LogP contribution >= 0.6 is 7.26 Å². The Labute approximate surface area is 73.1 Å². The summed E-state index contributed by atoms with van der Waals surface area (Å²) in [7, 11) is -0.749. The molecular formula is C10H25P. The van der Waals surface area contributed by atoms with E-state index in [1.54, 1.807) is 18.5 Å². The second kappa shape index (κ2) is 6.00. The van der Waals surface area contributed by atoms with Crippen molar-refractivity contribution in [3.63, 3.8) is 0 Å². The van der Waals surface area contributed by atoms with E-state index in [1.165, 1.54) is 19.3 Å². The number of hydrogen-bond donors (Lipinski definition) is 0. The molecule has 0 aliphatic heterocycles. The van der Waals surface area contributed by atoms with Crippen molar-refractivity contribution in [2.24, 2.45) is 0 Å². The molecule has 0 aliphatic rings. The van der Waals surface area contributed by atoms with Gasteiger partial charge in [-0.05, 0) is 0 Å². The first-order valence-corrected chi connectivity index (χ1v) is 8.30. The summed E-state index contributed by atoms with van der Waals surface area (Å²) in [6, 6.07) is 0. The van der Waals surface area contributed by atoms with Gasteiger partial charge in [-0.2, -0.15) is 0 Å². The Hall–Kier alpha value is 0.430. The molecule has 0 saturated heterocycles. The molecule has 0 rings (SSSR count). The van der Waals surface area contributed by atoms with Gasteiger partial charge in [-0.15, -0.1) is 0 Å². The van der Waals surface area contributed by atoms with E-state index in [0.29, 0.717) is 0 Å². The molecule has 11 heavy (non-hydrogen) atoms. The van der Waals surface area contributed by atoms with Crippen LogP contribution in [-0.4, -0.2) is 25.2 Å². The molecular weight excluding hydrogens is 151 g/mol. The van der Waals surface area contributed by atoms with Crippen LogP contribution in [0.15, 0.2) is 0 Å². The predicted molar refractivity (Wildman–Crippen MR) is 59.7 cm³/mol. The first-order chi connectivity index (χ1) is 5.18. The van der Waals surface area contributed by atoms with Crippen LogP contribution in [0.2, 0.25) is 0 Å². The first kappa shape index (κ1) is 11.4. The fourth-order valence-electron chi connectivity index (χ4n) is 2.19. The Kier molecular flexibility index (Phi) is 6.24. The fourth-order valence-corrected chi connectivity index (χ4v) is 6.56. The Morgan fingerprint density at radius 1 is 0.727 bits per heavy atom. The molecule has 0 aromatic rings. The second-order valence-corrected chi connectivity index (χ2v) is 9.18. The quantitative estimate of drug-likeness (QED) is 0.542. The standard InChI is InChI=1S/C10H25P/c1-5-8-11(4,9-6-2)10-7-3/h11H,5-10H2,1-4H3. The summed E-state index contributed by atoms with van der Waals surface area (Å²) in [4.78, 5) is 0. The average Bonchev–Trinajstić information content (AvgIpc) is 1.88. The van der Waals surface area contributed by atoms with Crippen LogP contribution < -0.4 is 0 Å². The molecule has 0 spiro atoms. The SMILES string of the molecule is CCC[PH](C)(CCC)CCC. The fraction of sp³-hybridized carbons (Fsp3) is 1.00. The molecule has 0 amide bonds. The van der Waals surface area contributed by atoms with Crippen molar-refractivity contribution < 1.29 is 0 Å². The van der Waals surface area contributed by atoms with Crippen LogP contribution in [0.4, 0.5) is 0 Å². The summed E-state index contributed by atoms with van der Waals surface area (Å²) in [5.41, 5.74) is 0. The van der Waals surface area contributed by atoms with E-state index in [0.717, 1.165) is 0 Å². The van der Waals surface area contributed by atoms with Gasteiger partial charge in [0.1, 0.15) is 0 Å². The zero-order chi connectivity index (χ0) is 8.74. The van der Waals surface area contributed by atoms with E-state index in [4.69, 9.17) is 0 Å². The van der Waals surface area contributed by atoms with E-state index >= 15 is 0 Å². The van der Waals surface area contributed by atoms with Crippen LogP contribution in [0.3, 0.4) is 0 Å². The molecule has 70 valence electrons. The molecule has 0 nitrogen and oxygen atoms in total. The molecule has 0 atom stereocenters. The summed E-state index contributed by atoms with van der Waals surface area (Å²) in [5.74, 6) is 0. The van der Waals surface area contributed by atoms with E-state index < -0.39 is 7.26 Å². The second-order valence-electron chi connectivity index (χ2n) is 4.06. The normalized spacial score (nSPS) is 13.5. The Bertz CT molecular complexity index is 71.9. The van der Waals surface area contributed by atoms with Crippen molar-refractivity contribution in [1.29, 1.82) is 0 Å². The third kappa shape index (κ3) is 4.80. The van der Waals surface area contributed by atoms with Gasteiger partial charge in [0.05, 0.1) is 0 Å². The molecule has 0 saturated carbocycles. The van der Waals surface area contributed by atoms with E-state index in [9.17, 15) is 0 Å². The predicted octanol–water partition coefficient (Wildman–Crippen LogP) is 3.60. The summed E-state index contributed by atoms with van der Waals surface area (Å²) >= 11 is 0. The van der Waals surface area contributed by atoms with Gasteiger partial charge in [0.2, 0.25) is 0 Å². The van der Waals surface area contributed by atoms with Gasteiger partial charge < -0.3 is 0 Å². The number of hydrogen-bond acceptors (Lipinski definition) is 0. The van der Waals surface area contributed by atoms with Crippen LogP contribution in [0.1, 0.15) is 40.0 Å². The van der Waals surface area contributed by atoms with Crippen molar-refractivity contribution >= 4 is 7.26 Å². The van der Waals surface area contributed by atoms with Gasteiger partial charge in [-0.25, -0.2) is 0 Å². The molecule has 0 radical (unpaired) electrons. The van der Waals surface area contributed by atoms with Crippen molar-refractivity contribution in [1.82, 2.24) is 0 Å². The Morgan fingerprint density at radius 2 is 1.00 bits per heavy atom. The molecule has 0 unspecified atom stereocenters. The molecule has 0 N–H and O–H groups in total. The molecule has 0 fully saturated rings. The van der Waals surface area contributed by atoms with Gasteiger partial charge in [0.25, 0.3) is 0 Å². The first-order valence-electron chi connectivity index (χ1n) is 5.18. The van der Waals surface area contributed by atoms with Crippen LogP contribution in [0.5, 0.6) is 0 Å². The summed E-state index contributed by atoms with van der Waals surface area (Å²) in [6.45, 7) is 9.58. The molecule has 0 heterocycles. The third-order valence-electron chi connectivity index (χ3n) is 2.56. The van der Waals surface area contributed by atoms with Gasteiger partial charge in [0, 0.05) is 0 Å². The number of rotatable bonds is 6. The Balaban J connectivity index is 3.79.